The molecule has 5 unspecified atom stereocenters. The van der Waals surface area contributed by atoms with Crippen LogP contribution in [-0.4, -0.2) is 70.7 Å². The lowest BCUT2D eigenvalue weighted by Gasteiger charge is -2.27. The Balaban J connectivity index is 5.27. The standard InChI is InChI=1S/C19H37N5O6/c1-10(2)9-14(23-16(26)11(3)21)17(27)24-15(12(4)25)18(28)22-13(19(29)30)7-5-6-8-20/h10-15,25H,5-9,20-21H2,1-4H3,(H,22,28)(H,23,26)(H,24,27)(H,29,30). The van der Waals surface area contributed by atoms with E-state index in [1.165, 1.54) is 13.8 Å². The molecule has 0 aromatic carbocycles. The Morgan fingerprint density at radius 3 is 1.87 bits per heavy atom. The highest BCUT2D eigenvalue weighted by Crippen LogP contribution is 2.07. The predicted molar refractivity (Wildman–Crippen MR) is 111 cm³/mol. The number of aliphatic hydroxyl groups excluding tert-OH is 1. The predicted octanol–water partition coefficient (Wildman–Crippen LogP) is -1.57. The van der Waals surface area contributed by atoms with Crippen molar-refractivity contribution >= 4 is 23.7 Å². The van der Waals surface area contributed by atoms with E-state index in [2.05, 4.69) is 16.0 Å². The summed E-state index contributed by atoms with van der Waals surface area (Å²) in [6.45, 7) is 6.89. The molecule has 3 amide bonds. The van der Waals surface area contributed by atoms with Gasteiger partial charge in [-0.3, -0.25) is 14.4 Å². The van der Waals surface area contributed by atoms with Crippen molar-refractivity contribution in [3.63, 3.8) is 0 Å². The number of carboxylic acid groups (broad SMARTS) is 1. The largest absolute Gasteiger partial charge is 0.480 e. The van der Waals surface area contributed by atoms with Gasteiger partial charge >= 0.3 is 5.97 Å². The Labute approximate surface area is 177 Å². The van der Waals surface area contributed by atoms with E-state index < -0.39 is 54.0 Å². The summed E-state index contributed by atoms with van der Waals surface area (Å²) in [5.74, 6) is -3.21. The average Bonchev–Trinajstić information content (AvgIpc) is 2.63. The van der Waals surface area contributed by atoms with Crippen LogP contribution in [0.15, 0.2) is 0 Å². The van der Waals surface area contributed by atoms with Crippen molar-refractivity contribution in [2.45, 2.75) is 83.6 Å². The molecule has 0 aliphatic heterocycles. The van der Waals surface area contributed by atoms with E-state index in [1.54, 1.807) is 0 Å². The molecule has 0 saturated carbocycles. The first-order chi connectivity index (χ1) is 13.9. The summed E-state index contributed by atoms with van der Waals surface area (Å²) >= 11 is 0. The van der Waals surface area contributed by atoms with E-state index in [4.69, 9.17) is 11.5 Å². The molecule has 0 aromatic heterocycles. The number of amides is 3. The molecule has 11 nitrogen and oxygen atoms in total. The van der Waals surface area contributed by atoms with Gasteiger partial charge in [-0.1, -0.05) is 13.8 Å². The van der Waals surface area contributed by atoms with Gasteiger partial charge in [0.2, 0.25) is 17.7 Å². The van der Waals surface area contributed by atoms with Crippen LogP contribution in [0, 0.1) is 5.92 Å². The normalized spacial score (nSPS) is 16.1. The number of carbonyl (C=O) groups excluding carboxylic acids is 3. The minimum absolute atomic E-state index is 0.0480. The molecule has 0 aliphatic rings. The maximum Gasteiger partial charge on any atom is 0.326 e. The molecule has 0 aromatic rings. The first kappa shape index (κ1) is 27.8. The Hall–Kier alpha value is -2.24. The molecule has 0 fully saturated rings. The van der Waals surface area contributed by atoms with Crippen molar-refractivity contribution in [1.82, 2.24) is 16.0 Å². The minimum Gasteiger partial charge on any atom is -0.480 e. The van der Waals surface area contributed by atoms with Gasteiger partial charge in [-0.2, -0.15) is 0 Å². The molecule has 0 bridgehead atoms. The number of hydrogen-bond acceptors (Lipinski definition) is 7. The van der Waals surface area contributed by atoms with Crippen LogP contribution in [0.4, 0.5) is 0 Å². The van der Waals surface area contributed by atoms with Crippen LogP contribution in [-0.2, 0) is 19.2 Å². The van der Waals surface area contributed by atoms with Crippen molar-refractivity contribution in [2.24, 2.45) is 17.4 Å². The smallest absolute Gasteiger partial charge is 0.326 e. The van der Waals surface area contributed by atoms with Crippen molar-refractivity contribution in [3.05, 3.63) is 0 Å². The van der Waals surface area contributed by atoms with Crippen LogP contribution >= 0.6 is 0 Å². The van der Waals surface area contributed by atoms with E-state index in [0.29, 0.717) is 19.4 Å². The van der Waals surface area contributed by atoms with Gasteiger partial charge in [0.05, 0.1) is 12.1 Å². The maximum absolute atomic E-state index is 12.7. The Kier molecular flexibility index (Phi) is 12.8. The van der Waals surface area contributed by atoms with Gasteiger partial charge in [-0.05, 0) is 52.0 Å². The van der Waals surface area contributed by atoms with Crippen molar-refractivity contribution in [2.75, 3.05) is 6.54 Å². The van der Waals surface area contributed by atoms with Gasteiger partial charge in [0, 0.05) is 0 Å². The number of carboxylic acids is 1. The molecule has 0 aliphatic carbocycles. The molecule has 0 radical (unpaired) electrons. The number of hydrogen-bond donors (Lipinski definition) is 7. The molecule has 11 heteroatoms. The second-order valence-corrected chi connectivity index (χ2v) is 7.89. The number of nitrogens with two attached hydrogens (primary N) is 2. The van der Waals surface area contributed by atoms with Crippen molar-refractivity contribution in [3.8, 4) is 0 Å². The number of unbranched alkanes of at least 4 members (excludes halogenated alkanes) is 1. The summed E-state index contributed by atoms with van der Waals surface area (Å²) in [6.07, 6.45) is 0.260. The fourth-order valence-electron chi connectivity index (χ4n) is 2.68. The molecule has 5 atom stereocenters. The third-order valence-corrected chi connectivity index (χ3v) is 4.38. The lowest BCUT2D eigenvalue weighted by molar-refractivity contribution is -0.143. The number of carbonyl (C=O) groups is 4. The quantitative estimate of drug-likeness (QED) is 0.160. The zero-order chi connectivity index (χ0) is 23.4. The first-order valence-corrected chi connectivity index (χ1v) is 10.2. The summed E-state index contributed by atoms with van der Waals surface area (Å²) in [7, 11) is 0. The van der Waals surface area contributed by atoms with Gasteiger partial charge in [0.25, 0.3) is 0 Å². The highest BCUT2D eigenvalue weighted by atomic mass is 16.4. The molecule has 0 spiro atoms. The molecular weight excluding hydrogens is 394 g/mol. The van der Waals surface area contributed by atoms with Crippen LogP contribution in [0.1, 0.15) is 53.4 Å². The SMILES string of the molecule is CC(C)CC(NC(=O)C(C)N)C(=O)NC(C(=O)NC(CCCCN)C(=O)O)C(C)O. The summed E-state index contributed by atoms with van der Waals surface area (Å²) in [4.78, 5) is 48.6. The molecular formula is C19H37N5O6. The van der Waals surface area contributed by atoms with E-state index in [-0.39, 0.29) is 18.8 Å². The van der Waals surface area contributed by atoms with Gasteiger partial charge in [0.1, 0.15) is 18.1 Å². The lowest BCUT2D eigenvalue weighted by atomic mass is 10.0. The monoisotopic (exact) mass is 431 g/mol. The van der Waals surface area contributed by atoms with Crippen LogP contribution in [0.5, 0.6) is 0 Å². The van der Waals surface area contributed by atoms with E-state index >= 15 is 0 Å². The third kappa shape index (κ3) is 10.5. The number of rotatable bonds is 14. The lowest BCUT2D eigenvalue weighted by Crippen LogP contribution is -2.59. The molecule has 0 rings (SSSR count). The van der Waals surface area contributed by atoms with Gasteiger partial charge in [-0.15, -0.1) is 0 Å². The van der Waals surface area contributed by atoms with Crippen LogP contribution < -0.4 is 27.4 Å². The maximum atomic E-state index is 12.7. The van der Waals surface area contributed by atoms with Gasteiger partial charge in [0.15, 0.2) is 0 Å². The van der Waals surface area contributed by atoms with E-state index in [1.807, 2.05) is 13.8 Å². The van der Waals surface area contributed by atoms with Crippen LogP contribution in [0.3, 0.4) is 0 Å². The fraction of sp³-hybridized carbons (Fsp3) is 0.789. The first-order valence-electron chi connectivity index (χ1n) is 10.2. The molecule has 0 saturated heterocycles. The number of aliphatic carboxylic acids is 1. The van der Waals surface area contributed by atoms with Crippen molar-refractivity contribution in [1.29, 1.82) is 0 Å². The number of nitrogens with one attached hydrogen (secondary N) is 3. The van der Waals surface area contributed by atoms with Crippen LogP contribution in [0.25, 0.3) is 0 Å². The topological polar surface area (TPSA) is 197 Å². The second kappa shape index (κ2) is 13.9. The molecule has 0 heterocycles. The summed E-state index contributed by atoms with van der Waals surface area (Å²) < 4.78 is 0. The summed E-state index contributed by atoms with van der Waals surface area (Å²) in [5.41, 5.74) is 10.9. The highest BCUT2D eigenvalue weighted by molar-refractivity contribution is 5.94. The Bertz CT molecular complexity index is 582. The number of aliphatic hydroxyl groups is 1. The van der Waals surface area contributed by atoms with Crippen molar-refractivity contribution < 1.29 is 29.4 Å². The summed E-state index contributed by atoms with van der Waals surface area (Å²) in [5, 5.41) is 26.6. The molecule has 30 heavy (non-hydrogen) atoms. The third-order valence-electron chi connectivity index (χ3n) is 4.38. The van der Waals surface area contributed by atoms with Crippen LogP contribution in [0.2, 0.25) is 0 Å². The van der Waals surface area contributed by atoms with Gasteiger partial charge in [-0.25, -0.2) is 4.79 Å². The fourth-order valence-corrected chi connectivity index (χ4v) is 2.68. The Morgan fingerprint density at radius 1 is 0.867 bits per heavy atom. The second-order valence-electron chi connectivity index (χ2n) is 7.89. The Morgan fingerprint density at radius 2 is 1.43 bits per heavy atom. The van der Waals surface area contributed by atoms with Gasteiger partial charge < -0.3 is 37.6 Å². The minimum atomic E-state index is -1.39. The average molecular weight is 432 g/mol. The zero-order valence-electron chi connectivity index (χ0n) is 18.2. The van der Waals surface area contributed by atoms with E-state index in [0.717, 1.165) is 0 Å². The van der Waals surface area contributed by atoms with E-state index in [9.17, 15) is 29.4 Å². The molecule has 9 N–H and O–H groups in total. The zero-order valence-corrected chi connectivity index (χ0v) is 18.2. The summed E-state index contributed by atoms with van der Waals surface area (Å²) in [6, 6.07) is -4.35. The highest BCUT2D eigenvalue weighted by Gasteiger charge is 2.32. The molecule has 174 valence electrons.